The number of hydrazone groups is 1. The van der Waals surface area contributed by atoms with Gasteiger partial charge < -0.3 is 10.2 Å². The zero-order chi connectivity index (χ0) is 6.53. The lowest BCUT2D eigenvalue weighted by Crippen LogP contribution is -2.02. The fourth-order valence-electron chi connectivity index (χ4n) is 0.687. The van der Waals surface area contributed by atoms with Crippen molar-refractivity contribution in [1.29, 1.82) is 0 Å². The van der Waals surface area contributed by atoms with E-state index in [1.807, 2.05) is 0 Å². The smallest absolute Gasteiger partial charge is 0.207 e. The van der Waals surface area contributed by atoms with Crippen LogP contribution in [0.1, 0.15) is 19.8 Å². The number of ether oxygens (including phenoxy) is 1. The van der Waals surface area contributed by atoms with Gasteiger partial charge in [0.15, 0.2) is 0 Å². The Morgan fingerprint density at radius 3 is 3.22 bits per heavy atom. The third-order valence-electron chi connectivity index (χ3n) is 1.13. The zero-order valence-corrected chi connectivity index (χ0v) is 5.68. The minimum absolute atomic E-state index is 0.792. The fourth-order valence-corrected chi connectivity index (χ4v) is 0.687. The molecule has 1 rings (SSSR count). The summed E-state index contributed by atoms with van der Waals surface area (Å²) in [6, 6.07) is 0. The summed E-state index contributed by atoms with van der Waals surface area (Å²) in [7, 11) is 0. The van der Waals surface area contributed by atoms with Crippen LogP contribution in [0.4, 0.5) is 0 Å². The number of rotatable bonds is 2. The third kappa shape index (κ3) is 1.91. The van der Waals surface area contributed by atoms with Crippen molar-refractivity contribution in [3.63, 3.8) is 0 Å². The Hall–Kier alpha value is -0.730. The van der Waals surface area contributed by atoms with E-state index in [1.165, 1.54) is 0 Å². The first-order valence-electron chi connectivity index (χ1n) is 3.35. The molecule has 1 aliphatic heterocycles. The molecule has 3 nitrogen and oxygen atoms in total. The first kappa shape index (κ1) is 6.39. The lowest BCUT2D eigenvalue weighted by Gasteiger charge is -1.99. The van der Waals surface area contributed by atoms with Crippen LogP contribution in [0.5, 0.6) is 0 Å². The summed E-state index contributed by atoms with van der Waals surface area (Å²) in [6.07, 6.45) is 2.00. The van der Waals surface area contributed by atoms with Crippen LogP contribution in [-0.2, 0) is 4.74 Å². The van der Waals surface area contributed by atoms with Crippen molar-refractivity contribution in [3.05, 3.63) is 0 Å². The molecule has 0 spiro atoms. The highest BCUT2D eigenvalue weighted by Crippen LogP contribution is 1.95. The molecule has 0 saturated carbocycles. The molecule has 1 N–H and O–H groups in total. The Morgan fingerprint density at radius 1 is 1.78 bits per heavy atom. The van der Waals surface area contributed by atoms with Crippen molar-refractivity contribution in [2.45, 2.75) is 19.8 Å². The van der Waals surface area contributed by atoms with Gasteiger partial charge in [-0.25, -0.2) is 0 Å². The van der Waals surface area contributed by atoms with E-state index in [-0.39, 0.29) is 0 Å². The van der Waals surface area contributed by atoms with E-state index in [9.17, 15) is 0 Å². The van der Waals surface area contributed by atoms with Crippen molar-refractivity contribution >= 4 is 5.90 Å². The van der Waals surface area contributed by atoms with Crippen molar-refractivity contribution in [1.82, 2.24) is 5.43 Å². The second-order valence-corrected chi connectivity index (χ2v) is 2.01. The average Bonchev–Trinajstić information content (AvgIpc) is 2.34. The van der Waals surface area contributed by atoms with Gasteiger partial charge in [0.1, 0.15) is 0 Å². The van der Waals surface area contributed by atoms with Gasteiger partial charge in [-0.1, -0.05) is 6.92 Å². The van der Waals surface area contributed by atoms with Crippen LogP contribution in [0, 0.1) is 0 Å². The third-order valence-corrected chi connectivity index (χ3v) is 1.13. The second kappa shape index (κ2) is 3.33. The molecule has 52 valence electrons. The van der Waals surface area contributed by atoms with Crippen LogP contribution in [-0.4, -0.2) is 19.0 Å². The zero-order valence-electron chi connectivity index (χ0n) is 5.68. The molecule has 0 radical (unpaired) electrons. The van der Waals surface area contributed by atoms with Gasteiger partial charge in [-0.15, -0.1) is 5.10 Å². The summed E-state index contributed by atoms with van der Waals surface area (Å²) in [5.74, 6) is 0.858. The van der Waals surface area contributed by atoms with E-state index in [1.54, 1.807) is 0 Å². The van der Waals surface area contributed by atoms with Crippen molar-refractivity contribution in [2.75, 3.05) is 13.2 Å². The first-order valence-corrected chi connectivity index (χ1v) is 3.35. The molecular formula is C6H12N2O. The molecule has 0 aromatic rings. The van der Waals surface area contributed by atoms with Gasteiger partial charge in [-0.2, -0.15) is 0 Å². The van der Waals surface area contributed by atoms with E-state index in [4.69, 9.17) is 4.74 Å². The lowest BCUT2D eigenvalue weighted by atomic mass is 10.4. The van der Waals surface area contributed by atoms with Gasteiger partial charge in [0.25, 0.3) is 0 Å². The van der Waals surface area contributed by atoms with Crippen LogP contribution >= 0.6 is 0 Å². The molecule has 1 aliphatic rings. The minimum atomic E-state index is 0.792. The molecule has 0 fully saturated rings. The number of nitrogens with one attached hydrogen (secondary N) is 1. The Kier molecular flexibility index (Phi) is 2.36. The molecule has 0 aliphatic carbocycles. The van der Waals surface area contributed by atoms with E-state index < -0.39 is 0 Å². The molecule has 0 amide bonds. The van der Waals surface area contributed by atoms with Crippen LogP contribution in [0.15, 0.2) is 5.10 Å². The Morgan fingerprint density at radius 2 is 2.67 bits per heavy atom. The minimum Gasteiger partial charge on any atom is -0.480 e. The molecule has 0 aromatic carbocycles. The van der Waals surface area contributed by atoms with Crippen LogP contribution in [0.25, 0.3) is 0 Å². The van der Waals surface area contributed by atoms with Crippen molar-refractivity contribution in [3.8, 4) is 0 Å². The summed E-state index contributed by atoms with van der Waals surface area (Å²) < 4.78 is 5.24. The first-order chi connectivity index (χ1) is 4.43. The summed E-state index contributed by atoms with van der Waals surface area (Å²) in [5.41, 5.74) is 2.84. The topological polar surface area (TPSA) is 33.6 Å². The largest absolute Gasteiger partial charge is 0.480 e. The number of nitrogens with zero attached hydrogens (tertiary/aromatic N) is 1. The molecule has 1 heterocycles. The maximum absolute atomic E-state index is 5.24. The van der Waals surface area contributed by atoms with Crippen LogP contribution in [0.2, 0.25) is 0 Å². The number of hydrogen-bond donors (Lipinski definition) is 1. The molecule has 9 heavy (non-hydrogen) atoms. The summed E-state index contributed by atoms with van der Waals surface area (Å²) >= 11 is 0. The monoisotopic (exact) mass is 128 g/mol. The molecule has 0 bridgehead atoms. The predicted octanol–water partition coefficient (Wildman–Crippen LogP) is 0.720. The van der Waals surface area contributed by atoms with E-state index >= 15 is 0 Å². The van der Waals surface area contributed by atoms with E-state index in [2.05, 4.69) is 17.5 Å². The maximum atomic E-state index is 5.24. The SMILES string of the molecule is CCCOC1=NNCC1. The van der Waals surface area contributed by atoms with Gasteiger partial charge in [0.2, 0.25) is 5.90 Å². The summed E-state index contributed by atoms with van der Waals surface area (Å²) in [5, 5.41) is 3.92. The standard InChI is InChI=1S/C6H12N2O/c1-2-5-9-6-3-4-7-8-6/h7H,2-5H2,1H3. The molecule has 3 heteroatoms. The second-order valence-electron chi connectivity index (χ2n) is 2.01. The van der Waals surface area contributed by atoms with Gasteiger partial charge in [0.05, 0.1) is 6.61 Å². The van der Waals surface area contributed by atoms with Crippen molar-refractivity contribution < 1.29 is 4.74 Å². The highest BCUT2D eigenvalue weighted by molar-refractivity contribution is 5.77. The highest BCUT2D eigenvalue weighted by Gasteiger charge is 2.04. The van der Waals surface area contributed by atoms with Gasteiger partial charge in [0, 0.05) is 13.0 Å². The summed E-state index contributed by atoms with van der Waals surface area (Å²) in [4.78, 5) is 0. The number of hydrogen-bond acceptors (Lipinski definition) is 3. The summed E-state index contributed by atoms with van der Waals surface area (Å²) in [6.45, 7) is 3.81. The van der Waals surface area contributed by atoms with Crippen LogP contribution < -0.4 is 5.43 Å². The normalized spacial score (nSPS) is 16.8. The Balaban J connectivity index is 2.11. The van der Waals surface area contributed by atoms with Crippen molar-refractivity contribution in [2.24, 2.45) is 5.10 Å². The highest BCUT2D eigenvalue weighted by atomic mass is 16.5. The van der Waals surface area contributed by atoms with Gasteiger partial charge in [-0.05, 0) is 6.42 Å². The Bertz CT molecular complexity index is 112. The Labute approximate surface area is 55.1 Å². The molecular weight excluding hydrogens is 116 g/mol. The molecule has 0 saturated heterocycles. The fraction of sp³-hybridized carbons (Fsp3) is 0.833. The molecule has 0 atom stereocenters. The van der Waals surface area contributed by atoms with E-state index in [0.29, 0.717) is 0 Å². The van der Waals surface area contributed by atoms with Crippen LogP contribution in [0.3, 0.4) is 0 Å². The maximum Gasteiger partial charge on any atom is 0.207 e. The van der Waals surface area contributed by atoms with Gasteiger partial charge in [-0.3, -0.25) is 0 Å². The van der Waals surface area contributed by atoms with Gasteiger partial charge >= 0.3 is 0 Å². The lowest BCUT2D eigenvalue weighted by molar-refractivity contribution is 0.299. The molecule has 0 aromatic heterocycles. The predicted molar refractivity (Wildman–Crippen MR) is 36.3 cm³/mol. The van der Waals surface area contributed by atoms with E-state index in [0.717, 1.165) is 31.9 Å². The quantitative estimate of drug-likeness (QED) is 0.594. The molecule has 0 unspecified atom stereocenters. The average molecular weight is 128 g/mol.